The Bertz CT molecular complexity index is 878. The number of rotatable bonds is 6. The van der Waals surface area contributed by atoms with Gasteiger partial charge in [-0.3, -0.25) is 0 Å². The van der Waals surface area contributed by atoms with Crippen LogP contribution in [0.15, 0.2) is 58.8 Å². The summed E-state index contributed by atoms with van der Waals surface area (Å²) in [6.07, 6.45) is 4.27. The van der Waals surface area contributed by atoms with E-state index in [4.69, 9.17) is 4.74 Å². The molecular formula is C18H18N4O2S. The monoisotopic (exact) mass is 354 g/mol. The van der Waals surface area contributed by atoms with E-state index in [1.54, 1.807) is 29.1 Å². The zero-order chi connectivity index (χ0) is 17.6. The topological polar surface area (TPSA) is 72.5 Å². The molecule has 7 heteroatoms. The Labute approximate surface area is 150 Å². The van der Waals surface area contributed by atoms with E-state index < -0.39 is 0 Å². The minimum atomic E-state index is 0.0958. The van der Waals surface area contributed by atoms with Crippen LogP contribution in [-0.4, -0.2) is 39.6 Å². The molecule has 0 unspecified atom stereocenters. The van der Waals surface area contributed by atoms with Crippen LogP contribution >= 0.6 is 11.8 Å². The third-order valence-corrected chi connectivity index (χ3v) is 4.21. The Balaban J connectivity index is 1.89. The number of benzene rings is 2. The Kier molecular flexibility index (Phi) is 5.35. The number of ether oxygens (including phenoxy) is 1. The van der Waals surface area contributed by atoms with E-state index >= 15 is 0 Å². The van der Waals surface area contributed by atoms with Gasteiger partial charge in [0.1, 0.15) is 0 Å². The zero-order valence-electron chi connectivity index (χ0n) is 14.0. The maximum absolute atomic E-state index is 9.68. The molecule has 6 nitrogen and oxygen atoms in total. The Morgan fingerprint density at radius 1 is 1.20 bits per heavy atom. The van der Waals surface area contributed by atoms with Crippen LogP contribution in [0, 0.1) is 0 Å². The summed E-state index contributed by atoms with van der Waals surface area (Å²) >= 11 is 1.48. The smallest absolute Gasteiger partial charge is 0.211 e. The van der Waals surface area contributed by atoms with Crippen molar-refractivity contribution in [2.75, 3.05) is 13.4 Å². The van der Waals surface area contributed by atoms with Crippen molar-refractivity contribution in [3.63, 3.8) is 0 Å². The fraction of sp³-hybridized carbons (Fsp3) is 0.167. The molecule has 0 saturated heterocycles. The minimum Gasteiger partial charge on any atom is -0.504 e. The number of phenols is 1. The lowest BCUT2D eigenvalue weighted by atomic mass is 10.1. The fourth-order valence-electron chi connectivity index (χ4n) is 2.33. The van der Waals surface area contributed by atoms with Crippen molar-refractivity contribution in [2.24, 2.45) is 5.10 Å². The summed E-state index contributed by atoms with van der Waals surface area (Å²) in [4.78, 5) is 0. The van der Waals surface area contributed by atoms with Crippen LogP contribution in [0.1, 0.15) is 17.0 Å². The molecule has 0 saturated carbocycles. The predicted molar refractivity (Wildman–Crippen MR) is 98.7 cm³/mol. The summed E-state index contributed by atoms with van der Waals surface area (Å²) in [5.74, 6) is 1.26. The minimum absolute atomic E-state index is 0.0958. The third-order valence-electron chi connectivity index (χ3n) is 3.59. The molecular weight excluding hydrogens is 336 g/mol. The largest absolute Gasteiger partial charge is 0.504 e. The van der Waals surface area contributed by atoms with Gasteiger partial charge in [-0.2, -0.15) is 9.78 Å². The average molecular weight is 354 g/mol. The van der Waals surface area contributed by atoms with Crippen LogP contribution in [0.4, 0.5) is 0 Å². The van der Waals surface area contributed by atoms with Crippen molar-refractivity contribution < 1.29 is 9.84 Å². The summed E-state index contributed by atoms with van der Waals surface area (Å²) in [5.41, 5.74) is 1.95. The molecule has 3 aromatic rings. The van der Waals surface area contributed by atoms with Crippen molar-refractivity contribution >= 4 is 18.0 Å². The molecule has 0 spiro atoms. The number of methoxy groups -OCH3 is 1. The van der Waals surface area contributed by atoms with Gasteiger partial charge >= 0.3 is 0 Å². The molecule has 3 rings (SSSR count). The van der Waals surface area contributed by atoms with Crippen LogP contribution in [0.25, 0.3) is 0 Å². The van der Waals surface area contributed by atoms with E-state index in [0.29, 0.717) is 17.3 Å². The quantitative estimate of drug-likeness (QED) is 0.544. The number of aromatic hydroxyl groups is 1. The van der Waals surface area contributed by atoms with Crippen LogP contribution < -0.4 is 4.74 Å². The maximum atomic E-state index is 9.68. The summed E-state index contributed by atoms with van der Waals surface area (Å²) < 4.78 is 6.86. The molecule has 25 heavy (non-hydrogen) atoms. The third kappa shape index (κ3) is 4.00. The summed E-state index contributed by atoms with van der Waals surface area (Å²) in [7, 11) is 1.51. The number of hydrogen-bond acceptors (Lipinski definition) is 6. The second-order valence-electron chi connectivity index (χ2n) is 5.25. The molecule has 128 valence electrons. The summed E-state index contributed by atoms with van der Waals surface area (Å²) in [6.45, 7) is 0. The molecule has 0 aliphatic carbocycles. The first-order valence-corrected chi connectivity index (χ1v) is 8.87. The second-order valence-corrected chi connectivity index (χ2v) is 6.03. The molecule has 0 aliphatic rings. The number of phenolic OH excluding ortho intramolecular Hbond substituents is 1. The molecule has 0 amide bonds. The lowest BCUT2D eigenvalue weighted by molar-refractivity contribution is 0.373. The van der Waals surface area contributed by atoms with Crippen molar-refractivity contribution in [1.82, 2.24) is 14.9 Å². The first-order chi connectivity index (χ1) is 12.2. The second kappa shape index (κ2) is 7.85. The van der Waals surface area contributed by atoms with Gasteiger partial charge in [0.05, 0.1) is 13.3 Å². The van der Waals surface area contributed by atoms with Crippen LogP contribution in [0.2, 0.25) is 0 Å². The highest BCUT2D eigenvalue weighted by Crippen LogP contribution is 2.25. The number of aromatic nitrogens is 3. The standard InChI is InChI=1S/C18H18N4O2S/c1-24-16-10-14(8-9-15(16)23)12-19-22-17(20-21-18(22)25-2)11-13-6-4-3-5-7-13/h3-10,12,23H,11H2,1-2H3/b19-12-. The van der Waals surface area contributed by atoms with Gasteiger partial charge in [-0.25, -0.2) is 0 Å². The molecule has 0 radical (unpaired) electrons. The van der Waals surface area contributed by atoms with E-state index in [1.165, 1.54) is 18.9 Å². The highest BCUT2D eigenvalue weighted by atomic mass is 32.2. The first kappa shape index (κ1) is 17.0. The molecule has 1 heterocycles. The molecule has 0 atom stereocenters. The van der Waals surface area contributed by atoms with Crippen LogP contribution in [0.5, 0.6) is 11.5 Å². The van der Waals surface area contributed by atoms with Crippen LogP contribution in [0.3, 0.4) is 0 Å². The normalized spacial score (nSPS) is 11.1. The molecule has 0 fully saturated rings. The average Bonchev–Trinajstić information content (AvgIpc) is 3.03. The van der Waals surface area contributed by atoms with Crippen molar-refractivity contribution in [3.05, 3.63) is 65.5 Å². The lowest BCUT2D eigenvalue weighted by Gasteiger charge is -2.05. The van der Waals surface area contributed by atoms with Gasteiger partial charge in [0.25, 0.3) is 0 Å². The van der Waals surface area contributed by atoms with Gasteiger partial charge in [0.15, 0.2) is 17.3 Å². The first-order valence-electron chi connectivity index (χ1n) is 7.65. The Morgan fingerprint density at radius 2 is 2.00 bits per heavy atom. The van der Waals surface area contributed by atoms with Gasteiger partial charge in [0.2, 0.25) is 5.16 Å². The number of thioether (sulfide) groups is 1. The van der Waals surface area contributed by atoms with E-state index in [2.05, 4.69) is 15.3 Å². The van der Waals surface area contributed by atoms with Gasteiger partial charge in [-0.05, 0) is 35.6 Å². The van der Waals surface area contributed by atoms with E-state index in [0.717, 1.165) is 17.0 Å². The maximum Gasteiger partial charge on any atom is 0.211 e. The molecule has 1 aromatic heterocycles. The zero-order valence-corrected chi connectivity index (χ0v) is 14.8. The lowest BCUT2D eigenvalue weighted by Crippen LogP contribution is -2.01. The number of nitrogens with zero attached hydrogens (tertiary/aromatic N) is 4. The Hall–Kier alpha value is -2.80. The van der Waals surface area contributed by atoms with Crippen molar-refractivity contribution in [1.29, 1.82) is 0 Å². The molecule has 1 N–H and O–H groups in total. The van der Waals surface area contributed by atoms with E-state index in [9.17, 15) is 5.11 Å². The van der Waals surface area contributed by atoms with Gasteiger partial charge in [-0.1, -0.05) is 42.1 Å². The molecule has 0 bridgehead atoms. The van der Waals surface area contributed by atoms with Crippen molar-refractivity contribution in [2.45, 2.75) is 11.6 Å². The van der Waals surface area contributed by atoms with Gasteiger partial charge in [0, 0.05) is 6.42 Å². The number of hydrogen-bond donors (Lipinski definition) is 1. The highest BCUT2D eigenvalue weighted by Gasteiger charge is 2.11. The molecule has 2 aromatic carbocycles. The summed E-state index contributed by atoms with van der Waals surface area (Å²) in [6, 6.07) is 15.1. The fourth-order valence-corrected chi connectivity index (χ4v) is 2.77. The van der Waals surface area contributed by atoms with Crippen LogP contribution in [-0.2, 0) is 6.42 Å². The highest BCUT2D eigenvalue weighted by molar-refractivity contribution is 7.98. The van der Waals surface area contributed by atoms with Gasteiger partial charge < -0.3 is 9.84 Å². The summed E-state index contributed by atoms with van der Waals surface area (Å²) in [5, 5.41) is 23.4. The van der Waals surface area contributed by atoms with E-state index in [-0.39, 0.29) is 5.75 Å². The molecule has 0 aliphatic heterocycles. The Morgan fingerprint density at radius 3 is 2.72 bits per heavy atom. The van der Waals surface area contributed by atoms with Crippen molar-refractivity contribution in [3.8, 4) is 11.5 Å². The van der Waals surface area contributed by atoms with E-state index in [1.807, 2.05) is 36.6 Å². The van der Waals surface area contributed by atoms with Gasteiger partial charge in [-0.15, -0.1) is 10.2 Å². The predicted octanol–water partition coefficient (Wildman–Crippen LogP) is 3.19. The SMILES string of the molecule is COc1cc(/C=N\n2c(Cc3ccccc3)nnc2SC)ccc1O.